The molecule has 0 unspecified atom stereocenters. The first-order chi connectivity index (χ1) is 12.4. The SMILES string of the molecule is CC(=O)N1CCC(C(=O)N2CCC(Oc3cc(C)nc(C)n3)CC2)CC1. The summed E-state index contributed by atoms with van der Waals surface area (Å²) in [4.78, 5) is 36.5. The van der Waals surface area contributed by atoms with Gasteiger partial charge in [0.05, 0.1) is 0 Å². The molecule has 0 atom stereocenters. The minimum absolute atomic E-state index is 0.0511. The second-order valence-corrected chi connectivity index (χ2v) is 7.32. The van der Waals surface area contributed by atoms with Crippen LogP contribution in [-0.4, -0.2) is 63.9 Å². The Morgan fingerprint density at radius 3 is 2.19 bits per heavy atom. The average Bonchev–Trinajstić information content (AvgIpc) is 2.61. The number of rotatable bonds is 3. The maximum atomic E-state index is 12.7. The van der Waals surface area contributed by atoms with Gasteiger partial charge in [0.2, 0.25) is 17.7 Å². The molecule has 0 saturated carbocycles. The van der Waals surface area contributed by atoms with E-state index in [4.69, 9.17) is 4.74 Å². The zero-order valence-electron chi connectivity index (χ0n) is 15.9. The Labute approximate surface area is 154 Å². The van der Waals surface area contributed by atoms with E-state index in [-0.39, 0.29) is 23.8 Å². The van der Waals surface area contributed by atoms with Gasteiger partial charge in [-0.05, 0) is 26.7 Å². The van der Waals surface area contributed by atoms with Gasteiger partial charge < -0.3 is 14.5 Å². The van der Waals surface area contributed by atoms with Gasteiger partial charge in [-0.2, -0.15) is 4.98 Å². The van der Waals surface area contributed by atoms with Crippen LogP contribution in [0.5, 0.6) is 5.88 Å². The fraction of sp³-hybridized carbons (Fsp3) is 0.684. The van der Waals surface area contributed by atoms with Gasteiger partial charge >= 0.3 is 0 Å². The monoisotopic (exact) mass is 360 g/mol. The van der Waals surface area contributed by atoms with E-state index in [1.165, 1.54) is 0 Å². The van der Waals surface area contributed by atoms with Gasteiger partial charge in [0.15, 0.2) is 0 Å². The van der Waals surface area contributed by atoms with E-state index in [1.54, 1.807) is 6.92 Å². The maximum absolute atomic E-state index is 12.7. The topological polar surface area (TPSA) is 75.6 Å². The average molecular weight is 360 g/mol. The van der Waals surface area contributed by atoms with Gasteiger partial charge in [0.1, 0.15) is 11.9 Å². The van der Waals surface area contributed by atoms with Crippen LogP contribution >= 0.6 is 0 Å². The van der Waals surface area contributed by atoms with E-state index in [9.17, 15) is 9.59 Å². The molecule has 0 aliphatic carbocycles. The van der Waals surface area contributed by atoms with E-state index < -0.39 is 0 Å². The molecule has 26 heavy (non-hydrogen) atoms. The van der Waals surface area contributed by atoms with Crippen molar-refractivity contribution in [2.75, 3.05) is 26.2 Å². The molecule has 2 aliphatic heterocycles. The van der Waals surface area contributed by atoms with Crippen LogP contribution in [0.1, 0.15) is 44.1 Å². The molecule has 0 bridgehead atoms. The van der Waals surface area contributed by atoms with Crippen LogP contribution in [0, 0.1) is 19.8 Å². The number of piperidine rings is 2. The number of amides is 2. The Kier molecular flexibility index (Phi) is 5.74. The number of aromatic nitrogens is 2. The molecule has 0 aromatic carbocycles. The zero-order chi connectivity index (χ0) is 18.7. The molecule has 1 aromatic rings. The molecule has 2 aliphatic rings. The number of carbonyl (C=O) groups excluding carboxylic acids is 2. The summed E-state index contributed by atoms with van der Waals surface area (Å²) in [5.41, 5.74) is 0.900. The summed E-state index contributed by atoms with van der Waals surface area (Å²) in [6.07, 6.45) is 3.27. The van der Waals surface area contributed by atoms with Crippen LogP contribution in [0.2, 0.25) is 0 Å². The minimum atomic E-state index is 0.0511. The largest absolute Gasteiger partial charge is 0.474 e. The Balaban J connectivity index is 1.47. The lowest BCUT2D eigenvalue weighted by Crippen LogP contribution is -2.47. The van der Waals surface area contributed by atoms with Crippen LogP contribution in [0.4, 0.5) is 0 Å². The molecule has 2 amide bonds. The Hall–Kier alpha value is -2.18. The first-order valence-corrected chi connectivity index (χ1v) is 9.45. The molecular formula is C19H28N4O3. The summed E-state index contributed by atoms with van der Waals surface area (Å²) in [5, 5.41) is 0. The highest BCUT2D eigenvalue weighted by Crippen LogP contribution is 2.23. The van der Waals surface area contributed by atoms with Crippen molar-refractivity contribution in [3.8, 4) is 5.88 Å². The number of aryl methyl sites for hydroxylation is 2. The number of ether oxygens (including phenoxy) is 1. The molecule has 1 aromatic heterocycles. The van der Waals surface area contributed by atoms with Gasteiger partial charge in [0, 0.05) is 63.6 Å². The summed E-state index contributed by atoms with van der Waals surface area (Å²) >= 11 is 0. The lowest BCUT2D eigenvalue weighted by molar-refractivity contribution is -0.141. The van der Waals surface area contributed by atoms with Crippen LogP contribution in [0.15, 0.2) is 6.07 Å². The predicted molar refractivity (Wildman–Crippen MR) is 96.7 cm³/mol. The molecule has 0 N–H and O–H groups in total. The van der Waals surface area contributed by atoms with E-state index in [1.807, 2.05) is 29.7 Å². The quantitative estimate of drug-likeness (QED) is 0.820. The molecule has 7 heteroatoms. The highest BCUT2D eigenvalue weighted by atomic mass is 16.5. The van der Waals surface area contributed by atoms with Crippen LogP contribution in [0.3, 0.4) is 0 Å². The molecule has 3 heterocycles. The van der Waals surface area contributed by atoms with E-state index in [2.05, 4.69) is 9.97 Å². The number of hydrogen-bond donors (Lipinski definition) is 0. The predicted octanol–water partition coefficient (Wildman–Crippen LogP) is 1.72. The zero-order valence-corrected chi connectivity index (χ0v) is 15.9. The van der Waals surface area contributed by atoms with E-state index in [0.29, 0.717) is 24.8 Å². The third-order valence-electron chi connectivity index (χ3n) is 5.27. The van der Waals surface area contributed by atoms with Crippen molar-refractivity contribution in [1.29, 1.82) is 0 Å². The maximum Gasteiger partial charge on any atom is 0.225 e. The molecule has 2 saturated heterocycles. The van der Waals surface area contributed by atoms with Crippen molar-refractivity contribution in [3.63, 3.8) is 0 Å². The van der Waals surface area contributed by atoms with Crippen molar-refractivity contribution in [2.45, 2.75) is 52.6 Å². The first-order valence-electron chi connectivity index (χ1n) is 9.45. The Morgan fingerprint density at radius 2 is 1.62 bits per heavy atom. The van der Waals surface area contributed by atoms with Crippen LogP contribution in [-0.2, 0) is 9.59 Å². The summed E-state index contributed by atoms with van der Waals surface area (Å²) in [7, 11) is 0. The highest BCUT2D eigenvalue weighted by molar-refractivity contribution is 5.79. The molecular weight excluding hydrogens is 332 g/mol. The fourth-order valence-electron chi connectivity index (χ4n) is 3.81. The summed E-state index contributed by atoms with van der Waals surface area (Å²) in [5.74, 6) is 1.72. The number of carbonyl (C=O) groups is 2. The lowest BCUT2D eigenvalue weighted by atomic mass is 9.94. The smallest absolute Gasteiger partial charge is 0.225 e. The van der Waals surface area contributed by atoms with Crippen molar-refractivity contribution in [1.82, 2.24) is 19.8 Å². The highest BCUT2D eigenvalue weighted by Gasteiger charge is 2.31. The van der Waals surface area contributed by atoms with Gasteiger partial charge in [-0.3, -0.25) is 9.59 Å². The molecule has 2 fully saturated rings. The molecule has 0 radical (unpaired) electrons. The van der Waals surface area contributed by atoms with Gasteiger partial charge in [-0.1, -0.05) is 0 Å². The molecule has 7 nitrogen and oxygen atoms in total. The number of likely N-dealkylation sites (tertiary alicyclic amines) is 2. The summed E-state index contributed by atoms with van der Waals surface area (Å²) in [6.45, 7) is 8.21. The first kappa shape index (κ1) is 18.6. The number of nitrogens with zero attached hydrogens (tertiary/aromatic N) is 4. The minimum Gasteiger partial charge on any atom is -0.474 e. The van der Waals surface area contributed by atoms with Crippen molar-refractivity contribution >= 4 is 11.8 Å². The fourth-order valence-corrected chi connectivity index (χ4v) is 3.81. The molecule has 3 rings (SSSR count). The lowest BCUT2D eigenvalue weighted by Gasteiger charge is -2.37. The van der Waals surface area contributed by atoms with Gasteiger partial charge in [0.25, 0.3) is 0 Å². The third-order valence-corrected chi connectivity index (χ3v) is 5.27. The molecule has 142 valence electrons. The molecule has 0 spiro atoms. The van der Waals surface area contributed by atoms with Crippen LogP contribution < -0.4 is 4.74 Å². The summed E-state index contributed by atoms with van der Waals surface area (Å²) < 4.78 is 6.00. The van der Waals surface area contributed by atoms with Crippen molar-refractivity contribution in [2.24, 2.45) is 5.92 Å². The van der Waals surface area contributed by atoms with Crippen LogP contribution in [0.25, 0.3) is 0 Å². The van der Waals surface area contributed by atoms with Gasteiger partial charge in [-0.15, -0.1) is 0 Å². The number of hydrogen-bond acceptors (Lipinski definition) is 5. The Bertz CT molecular complexity index is 642. The second kappa shape index (κ2) is 8.01. The third kappa shape index (κ3) is 4.51. The Morgan fingerprint density at radius 1 is 1.00 bits per heavy atom. The standard InChI is InChI=1S/C19H28N4O3/c1-13-12-18(21-14(2)20-13)26-17-6-10-23(11-7-17)19(25)16-4-8-22(9-5-16)15(3)24/h12,16-17H,4-11H2,1-3H3. The van der Waals surface area contributed by atoms with E-state index in [0.717, 1.165) is 44.5 Å². The van der Waals surface area contributed by atoms with Gasteiger partial charge in [-0.25, -0.2) is 4.98 Å². The van der Waals surface area contributed by atoms with Crippen molar-refractivity contribution in [3.05, 3.63) is 17.6 Å². The van der Waals surface area contributed by atoms with Crippen molar-refractivity contribution < 1.29 is 14.3 Å². The van der Waals surface area contributed by atoms with E-state index >= 15 is 0 Å². The second-order valence-electron chi connectivity index (χ2n) is 7.32. The normalized spacial score (nSPS) is 19.5. The summed E-state index contributed by atoms with van der Waals surface area (Å²) in [6, 6.07) is 1.85.